The van der Waals surface area contributed by atoms with Crippen LogP contribution in [0.2, 0.25) is 10.0 Å². The number of fused-ring (bicyclic) bond motifs is 2. The van der Waals surface area contributed by atoms with Gasteiger partial charge in [-0.15, -0.1) is 0 Å². The molecule has 6 rings (SSSR count). The summed E-state index contributed by atoms with van der Waals surface area (Å²) in [5.41, 5.74) is 3.70. The topological polar surface area (TPSA) is 23.6 Å². The van der Waals surface area contributed by atoms with Crippen molar-refractivity contribution in [2.24, 2.45) is 5.41 Å². The quantitative estimate of drug-likeness (QED) is 0.313. The van der Waals surface area contributed by atoms with Gasteiger partial charge in [-0.05, 0) is 72.8 Å². The summed E-state index contributed by atoms with van der Waals surface area (Å²) < 4.78 is 0. The van der Waals surface area contributed by atoms with Gasteiger partial charge in [-0.25, -0.2) is 0 Å². The van der Waals surface area contributed by atoms with E-state index in [0.29, 0.717) is 24.4 Å². The van der Waals surface area contributed by atoms with Gasteiger partial charge in [0.1, 0.15) is 0 Å². The lowest BCUT2D eigenvalue weighted by atomic mass is 9.69. The Balaban J connectivity index is 1.38. The number of amides is 1. The SMILES string of the molecule is O=C1CCCN1CC1(Cc2ccccc2)C[C@H]2CC[C@@H](C1)N2C(c1ccccc1Cl)c1ccccc1Cl. The summed E-state index contributed by atoms with van der Waals surface area (Å²) in [6.07, 6.45) is 7.19. The zero-order chi connectivity index (χ0) is 25.4. The average Bonchev–Trinajstić information content (AvgIpc) is 3.41. The summed E-state index contributed by atoms with van der Waals surface area (Å²) in [5.74, 6) is 0.326. The van der Waals surface area contributed by atoms with E-state index in [1.54, 1.807) is 0 Å². The summed E-state index contributed by atoms with van der Waals surface area (Å²) in [5, 5.41) is 1.58. The predicted molar refractivity (Wildman–Crippen MR) is 151 cm³/mol. The third-order valence-electron chi connectivity index (χ3n) is 8.83. The van der Waals surface area contributed by atoms with Crippen molar-refractivity contribution in [3.8, 4) is 0 Å². The minimum atomic E-state index is 0.0167. The first-order valence-electron chi connectivity index (χ1n) is 13.6. The molecule has 192 valence electrons. The number of hydrogen-bond acceptors (Lipinski definition) is 2. The van der Waals surface area contributed by atoms with E-state index in [4.69, 9.17) is 23.2 Å². The van der Waals surface area contributed by atoms with E-state index >= 15 is 0 Å². The van der Waals surface area contributed by atoms with E-state index in [2.05, 4.69) is 64.4 Å². The summed E-state index contributed by atoms with van der Waals surface area (Å²) in [7, 11) is 0. The first-order chi connectivity index (χ1) is 18.0. The molecule has 3 fully saturated rings. The molecule has 3 heterocycles. The Morgan fingerprint density at radius 3 is 1.92 bits per heavy atom. The number of benzene rings is 3. The number of carbonyl (C=O) groups is 1. The second kappa shape index (κ2) is 10.4. The second-order valence-corrected chi connectivity index (χ2v) is 12.1. The van der Waals surface area contributed by atoms with Gasteiger partial charge in [0.05, 0.1) is 6.04 Å². The van der Waals surface area contributed by atoms with E-state index in [1.807, 2.05) is 24.3 Å². The fourth-order valence-electron chi connectivity index (χ4n) is 7.42. The Hall–Kier alpha value is -2.33. The van der Waals surface area contributed by atoms with E-state index in [0.717, 1.165) is 59.9 Å². The fraction of sp³-hybridized carbons (Fsp3) is 0.406. The van der Waals surface area contributed by atoms with Crippen LogP contribution < -0.4 is 0 Å². The van der Waals surface area contributed by atoms with Crippen molar-refractivity contribution in [3.05, 3.63) is 106 Å². The minimum absolute atomic E-state index is 0.0167. The number of rotatable bonds is 7. The number of halogens is 2. The van der Waals surface area contributed by atoms with Gasteiger partial charge in [-0.2, -0.15) is 0 Å². The number of piperidine rings is 1. The van der Waals surface area contributed by atoms with E-state index in [9.17, 15) is 4.79 Å². The third-order valence-corrected chi connectivity index (χ3v) is 9.52. The van der Waals surface area contributed by atoms with Crippen molar-refractivity contribution in [1.82, 2.24) is 9.80 Å². The molecular weight excluding hydrogens is 499 g/mol. The van der Waals surface area contributed by atoms with Gasteiger partial charge in [0.2, 0.25) is 5.91 Å². The Morgan fingerprint density at radius 1 is 0.811 bits per heavy atom. The van der Waals surface area contributed by atoms with Gasteiger partial charge in [0, 0.05) is 41.6 Å². The van der Waals surface area contributed by atoms with Gasteiger partial charge in [0.15, 0.2) is 0 Å². The molecule has 0 aromatic heterocycles. The maximum Gasteiger partial charge on any atom is 0.222 e. The molecule has 3 aliphatic heterocycles. The molecule has 3 saturated heterocycles. The van der Waals surface area contributed by atoms with Gasteiger partial charge >= 0.3 is 0 Å². The summed E-state index contributed by atoms with van der Waals surface area (Å²) in [6, 6.07) is 28.2. The van der Waals surface area contributed by atoms with Crippen LogP contribution in [0.5, 0.6) is 0 Å². The number of nitrogens with zero attached hydrogens (tertiary/aromatic N) is 2. The predicted octanol–water partition coefficient (Wildman–Crippen LogP) is 7.56. The molecule has 1 amide bonds. The van der Waals surface area contributed by atoms with Gasteiger partial charge in [-0.3, -0.25) is 9.69 Å². The Morgan fingerprint density at radius 2 is 1.38 bits per heavy atom. The van der Waals surface area contributed by atoms with Crippen LogP contribution in [0.25, 0.3) is 0 Å². The van der Waals surface area contributed by atoms with Crippen molar-refractivity contribution in [2.75, 3.05) is 13.1 Å². The van der Waals surface area contributed by atoms with Crippen LogP contribution in [0.3, 0.4) is 0 Å². The fourth-order valence-corrected chi connectivity index (χ4v) is 7.90. The monoisotopic (exact) mass is 532 g/mol. The van der Waals surface area contributed by atoms with Crippen LogP contribution in [0, 0.1) is 5.41 Å². The smallest absolute Gasteiger partial charge is 0.222 e. The van der Waals surface area contributed by atoms with E-state index in [1.165, 1.54) is 18.4 Å². The molecule has 0 aliphatic carbocycles. The van der Waals surface area contributed by atoms with Gasteiger partial charge in [-0.1, -0.05) is 89.9 Å². The highest BCUT2D eigenvalue weighted by atomic mass is 35.5. The van der Waals surface area contributed by atoms with Crippen molar-refractivity contribution in [1.29, 1.82) is 0 Å². The van der Waals surface area contributed by atoms with Crippen LogP contribution in [0.4, 0.5) is 0 Å². The van der Waals surface area contributed by atoms with E-state index in [-0.39, 0.29) is 11.5 Å². The van der Waals surface area contributed by atoms with Gasteiger partial charge in [0.25, 0.3) is 0 Å². The molecule has 3 nitrogen and oxygen atoms in total. The van der Waals surface area contributed by atoms with Crippen molar-refractivity contribution < 1.29 is 4.79 Å². The molecule has 37 heavy (non-hydrogen) atoms. The normalized spacial score (nSPS) is 25.8. The molecule has 0 radical (unpaired) electrons. The molecule has 3 atom stereocenters. The lowest BCUT2D eigenvalue weighted by Crippen LogP contribution is -2.53. The van der Waals surface area contributed by atoms with E-state index < -0.39 is 0 Å². The molecule has 5 heteroatoms. The maximum absolute atomic E-state index is 12.7. The number of hydrogen-bond donors (Lipinski definition) is 0. The van der Waals surface area contributed by atoms with Gasteiger partial charge < -0.3 is 4.90 Å². The minimum Gasteiger partial charge on any atom is -0.342 e. The van der Waals surface area contributed by atoms with Crippen molar-refractivity contribution in [2.45, 2.75) is 63.1 Å². The zero-order valence-corrected chi connectivity index (χ0v) is 22.7. The molecule has 3 aromatic rings. The largest absolute Gasteiger partial charge is 0.342 e. The Kier molecular flexibility index (Phi) is 7.05. The van der Waals surface area contributed by atoms with Crippen LogP contribution in [-0.2, 0) is 11.2 Å². The Bertz CT molecular complexity index is 1200. The maximum atomic E-state index is 12.7. The molecular formula is C32H34Cl2N2O. The molecule has 1 unspecified atom stereocenters. The third kappa shape index (κ3) is 4.94. The first kappa shape index (κ1) is 25.0. The lowest BCUT2D eigenvalue weighted by molar-refractivity contribution is -0.130. The highest BCUT2D eigenvalue weighted by molar-refractivity contribution is 6.32. The van der Waals surface area contributed by atoms with Crippen LogP contribution in [0.15, 0.2) is 78.9 Å². The summed E-state index contributed by atoms with van der Waals surface area (Å²) in [4.78, 5) is 17.6. The molecule has 3 aliphatic rings. The molecule has 0 saturated carbocycles. The van der Waals surface area contributed by atoms with Crippen molar-refractivity contribution in [3.63, 3.8) is 0 Å². The molecule has 0 N–H and O–H groups in total. The number of likely N-dealkylation sites (tertiary alicyclic amines) is 1. The summed E-state index contributed by atoms with van der Waals surface area (Å²) in [6.45, 7) is 1.76. The first-order valence-corrected chi connectivity index (χ1v) is 14.4. The molecule has 3 aromatic carbocycles. The van der Waals surface area contributed by atoms with Crippen LogP contribution in [-0.4, -0.2) is 40.9 Å². The summed E-state index contributed by atoms with van der Waals surface area (Å²) >= 11 is 13.7. The Labute approximate surface area is 230 Å². The van der Waals surface area contributed by atoms with Crippen LogP contribution in [0.1, 0.15) is 61.3 Å². The number of carbonyl (C=O) groups excluding carboxylic acids is 1. The second-order valence-electron chi connectivity index (χ2n) is 11.3. The standard InChI is InChI=1S/C32H34Cl2N2O/c33-28-13-6-4-11-26(28)31(27-12-5-7-14-29(27)34)36-24-16-17-25(36)21-32(20-24,19-23-9-2-1-3-10-23)22-35-18-8-15-30(35)37/h1-7,9-14,24-25,31H,8,15-22H2/t24-,25+,32?. The highest BCUT2D eigenvalue weighted by Crippen LogP contribution is 2.53. The van der Waals surface area contributed by atoms with Crippen LogP contribution >= 0.6 is 23.2 Å². The highest BCUT2D eigenvalue weighted by Gasteiger charge is 2.52. The molecule has 0 spiro atoms. The lowest BCUT2D eigenvalue weighted by Gasteiger charge is -2.51. The molecule has 2 bridgehead atoms. The average molecular weight is 534 g/mol. The zero-order valence-electron chi connectivity index (χ0n) is 21.2. The van der Waals surface area contributed by atoms with Crippen molar-refractivity contribution >= 4 is 29.1 Å².